The first kappa shape index (κ1) is 14.7. The standard InChI is InChI=1S/C17H23N3S/c1-3-18-16-14-9-5-4-7-13(14)8-6-10-15(16)21-17-19-11-12-20(17)2/h4-5,7,9,11-12,15-16,18H,3,6,8,10H2,1-2H3. The summed E-state index contributed by atoms with van der Waals surface area (Å²) in [5.74, 6) is 0. The van der Waals surface area contributed by atoms with Gasteiger partial charge >= 0.3 is 0 Å². The van der Waals surface area contributed by atoms with Crippen LogP contribution in [0.4, 0.5) is 0 Å². The maximum atomic E-state index is 4.49. The zero-order valence-corrected chi connectivity index (χ0v) is 13.6. The molecule has 112 valence electrons. The second-order valence-electron chi connectivity index (χ2n) is 5.60. The summed E-state index contributed by atoms with van der Waals surface area (Å²) in [6.45, 7) is 3.19. The molecule has 2 aromatic rings. The number of benzene rings is 1. The number of aryl methyl sites for hydroxylation is 2. The number of thioether (sulfide) groups is 1. The van der Waals surface area contributed by atoms with Crippen LogP contribution in [-0.2, 0) is 13.5 Å². The lowest BCUT2D eigenvalue weighted by Crippen LogP contribution is -2.30. The van der Waals surface area contributed by atoms with E-state index < -0.39 is 0 Å². The summed E-state index contributed by atoms with van der Waals surface area (Å²) < 4.78 is 2.12. The highest BCUT2D eigenvalue weighted by atomic mass is 32.2. The van der Waals surface area contributed by atoms with Crippen molar-refractivity contribution in [1.82, 2.24) is 14.9 Å². The molecule has 0 aliphatic heterocycles. The van der Waals surface area contributed by atoms with Crippen molar-refractivity contribution in [1.29, 1.82) is 0 Å². The Bertz CT molecular complexity index is 593. The van der Waals surface area contributed by atoms with Crippen molar-refractivity contribution < 1.29 is 0 Å². The van der Waals surface area contributed by atoms with Crippen LogP contribution in [0.2, 0.25) is 0 Å². The first-order valence-electron chi connectivity index (χ1n) is 7.74. The monoisotopic (exact) mass is 301 g/mol. The molecule has 1 N–H and O–H groups in total. The molecular formula is C17H23N3S. The molecule has 2 unspecified atom stereocenters. The summed E-state index contributed by atoms with van der Waals surface area (Å²) in [7, 11) is 2.07. The minimum absolute atomic E-state index is 0.412. The molecule has 3 rings (SSSR count). The topological polar surface area (TPSA) is 29.9 Å². The SMILES string of the molecule is CCNC1c2ccccc2CCCC1Sc1nccn1C. The van der Waals surface area contributed by atoms with Crippen LogP contribution in [0, 0.1) is 0 Å². The smallest absolute Gasteiger partial charge is 0.168 e. The second kappa shape index (κ2) is 6.67. The number of aromatic nitrogens is 2. The molecule has 1 aromatic heterocycles. The molecular weight excluding hydrogens is 278 g/mol. The third-order valence-electron chi connectivity index (χ3n) is 4.15. The van der Waals surface area contributed by atoms with Crippen LogP contribution in [0.25, 0.3) is 0 Å². The molecule has 0 spiro atoms. The molecule has 0 fully saturated rings. The Morgan fingerprint density at radius 2 is 2.24 bits per heavy atom. The first-order chi connectivity index (χ1) is 10.3. The van der Waals surface area contributed by atoms with Crippen molar-refractivity contribution in [2.75, 3.05) is 6.54 Å². The van der Waals surface area contributed by atoms with Crippen molar-refractivity contribution in [3.05, 3.63) is 47.8 Å². The van der Waals surface area contributed by atoms with Gasteiger partial charge in [0.05, 0.1) is 0 Å². The molecule has 1 aliphatic rings. The number of rotatable bonds is 4. The Kier molecular flexibility index (Phi) is 4.66. The first-order valence-corrected chi connectivity index (χ1v) is 8.62. The second-order valence-corrected chi connectivity index (χ2v) is 6.81. The zero-order valence-electron chi connectivity index (χ0n) is 12.7. The van der Waals surface area contributed by atoms with Gasteiger partial charge in [0.2, 0.25) is 0 Å². The summed E-state index contributed by atoms with van der Waals surface area (Å²) in [5, 5.41) is 5.35. The molecule has 1 heterocycles. The van der Waals surface area contributed by atoms with Gasteiger partial charge in [0.15, 0.2) is 5.16 Å². The lowest BCUT2D eigenvalue weighted by Gasteiger charge is -2.26. The van der Waals surface area contributed by atoms with Crippen molar-refractivity contribution in [2.24, 2.45) is 7.05 Å². The molecule has 0 saturated carbocycles. The van der Waals surface area contributed by atoms with Gasteiger partial charge in [-0.1, -0.05) is 43.0 Å². The fraction of sp³-hybridized carbons (Fsp3) is 0.471. The number of hydrogen-bond acceptors (Lipinski definition) is 3. The Morgan fingerprint density at radius 3 is 3.00 bits per heavy atom. The quantitative estimate of drug-likeness (QED) is 0.876. The summed E-state index contributed by atoms with van der Waals surface area (Å²) >= 11 is 1.91. The van der Waals surface area contributed by atoms with Gasteiger partial charge in [0.25, 0.3) is 0 Å². The molecule has 1 aliphatic carbocycles. The average molecular weight is 301 g/mol. The Morgan fingerprint density at radius 1 is 1.38 bits per heavy atom. The van der Waals surface area contributed by atoms with Crippen LogP contribution < -0.4 is 5.32 Å². The number of hydrogen-bond donors (Lipinski definition) is 1. The van der Waals surface area contributed by atoms with E-state index in [9.17, 15) is 0 Å². The lowest BCUT2D eigenvalue weighted by atomic mass is 9.99. The fourth-order valence-electron chi connectivity index (χ4n) is 3.12. The van der Waals surface area contributed by atoms with E-state index in [0.717, 1.165) is 11.7 Å². The molecule has 0 amide bonds. The van der Waals surface area contributed by atoms with Gasteiger partial charge in [-0.25, -0.2) is 4.98 Å². The highest BCUT2D eigenvalue weighted by molar-refractivity contribution is 7.99. The van der Waals surface area contributed by atoms with Crippen molar-refractivity contribution in [2.45, 2.75) is 42.6 Å². The molecule has 0 radical (unpaired) electrons. The summed E-state index contributed by atoms with van der Waals surface area (Å²) in [6.07, 6.45) is 7.57. The molecule has 3 nitrogen and oxygen atoms in total. The average Bonchev–Trinajstić information content (AvgIpc) is 2.81. The lowest BCUT2D eigenvalue weighted by molar-refractivity contribution is 0.515. The van der Waals surface area contributed by atoms with Crippen LogP contribution in [0.1, 0.15) is 36.9 Å². The van der Waals surface area contributed by atoms with Gasteiger partial charge in [0.1, 0.15) is 0 Å². The van der Waals surface area contributed by atoms with E-state index in [2.05, 4.69) is 53.1 Å². The number of nitrogens with one attached hydrogen (secondary N) is 1. The van der Waals surface area contributed by atoms with Gasteiger partial charge in [-0.15, -0.1) is 0 Å². The van der Waals surface area contributed by atoms with Gasteiger partial charge in [-0.2, -0.15) is 0 Å². The Balaban J connectivity index is 1.90. The van der Waals surface area contributed by atoms with Crippen LogP contribution in [-0.4, -0.2) is 21.3 Å². The third kappa shape index (κ3) is 3.16. The van der Waals surface area contributed by atoms with Crippen LogP contribution in [0.5, 0.6) is 0 Å². The summed E-state index contributed by atoms with van der Waals surface area (Å²) in [6, 6.07) is 9.31. The predicted molar refractivity (Wildman–Crippen MR) is 88.7 cm³/mol. The van der Waals surface area contributed by atoms with Gasteiger partial charge < -0.3 is 9.88 Å². The molecule has 21 heavy (non-hydrogen) atoms. The Labute approximate surface area is 131 Å². The highest BCUT2D eigenvalue weighted by Crippen LogP contribution is 2.38. The predicted octanol–water partition coefficient (Wildman–Crippen LogP) is 3.57. The highest BCUT2D eigenvalue weighted by Gasteiger charge is 2.28. The van der Waals surface area contributed by atoms with E-state index in [0.29, 0.717) is 11.3 Å². The molecule has 0 saturated heterocycles. The molecule has 1 aromatic carbocycles. The molecule has 0 bridgehead atoms. The van der Waals surface area contributed by atoms with E-state index in [1.165, 1.54) is 30.4 Å². The largest absolute Gasteiger partial charge is 0.329 e. The van der Waals surface area contributed by atoms with Crippen LogP contribution >= 0.6 is 11.8 Å². The summed E-state index contributed by atoms with van der Waals surface area (Å²) in [4.78, 5) is 4.49. The summed E-state index contributed by atoms with van der Waals surface area (Å²) in [5.41, 5.74) is 2.98. The molecule has 4 heteroatoms. The van der Waals surface area contributed by atoms with E-state index >= 15 is 0 Å². The van der Waals surface area contributed by atoms with Gasteiger partial charge in [-0.05, 0) is 36.9 Å². The van der Waals surface area contributed by atoms with E-state index in [1.54, 1.807) is 0 Å². The fourth-order valence-corrected chi connectivity index (χ4v) is 4.40. The van der Waals surface area contributed by atoms with Crippen LogP contribution in [0.3, 0.4) is 0 Å². The van der Waals surface area contributed by atoms with Crippen molar-refractivity contribution >= 4 is 11.8 Å². The zero-order chi connectivity index (χ0) is 14.7. The van der Waals surface area contributed by atoms with Gasteiger partial charge in [-0.3, -0.25) is 0 Å². The Hall–Kier alpha value is -1.26. The van der Waals surface area contributed by atoms with E-state index in [1.807, 2.05) is 24.2 Å². The van der Waals surface area contributed by atoms with Crippen LogP contribution in [0.15, 0.2) is 41.8 Å². The maximum absolute atomic E-state index is 4.49. The van der Waals surface area contributed by atoms with E-state index in [4.69, 9.17) is 0 Å². The number of nitrogens with zero attached hydrogens (tertiary/aromatic N) is 2. The molecule has 2 atom stereocenters. The van der Waals surface area contributed by atoms with Crippen molar-refractivity contribution in [3.8, 4) is 0 Å². The normalized spacial score (nSPS) is 21.8. The van der Waals surface area contributed by atoms with E-state index in [-0.39, 0.29) is 0 Å². The third-order valence-corrected chi connectivity index (χ3v) is 5.57. The minimum Gasteiger partial charge on any atom is -0.329 e. The van der Waals surface area contributed by atoms with Gasteiger partial charge in [0, 0.05) is 30.7 Å². The number of fused-ring (bicyclic) bond motifs is 1. The maximum Gasteiger partial charge on any atom is 0.168 e. The minimum atomic E-state index is 0.412. The number of imidazole rings is 1. The van der Waals surface area contributed by atoms with Crippen molar-refractivity contribution in [3.63, 3.8) is 0 Å².